The molecule has 150 valence electrons. The number of esters is 3. The summed E-state index contributed by atoms with van der Waals surface area (Å²) in [6.45, 7) is 3.98. The SMILES string of the molecule is CCCC(=O)OC1C2OC(=O)C3CCC12C3C(=O)OC1(CC)CCCCC1. The van der Waals surface area contributed by atoms with Gasteiger partial charge in [-0.2, -0.15) is 0 Å². The summed E-state index contributed by atoms with van der Waals surface area (Å²) in [4.78, 5) is 37.7. The molecular formula is C21H30O6. The van der Waals surface area contributed by atoms with Gasteiger partial charge in [-0.25, -0.2) is 0 Å². The first-order valence-electron chi connectivity index (χ1n) is 10.6. The van der Waals surface area contributed by atoms with Crippen LogP contribution in [0.1, 0.15) is 78.1 Å². The highest BCUT2D eigenvalue weighted by atomic mass is 16.6. The van der Waals surface area contributed by atoms with E-state index in [0.29, 0.717) is 25.7 Å². The minimum absolute atomic E-state index is 0.281. The predicted molar refractivity (Wildman–Crippen MR) is 95.5 cm³/mol. The van der Waals surface area contributed by atoms with Crippen LogP contribution in [0.15, 0.2) is 0 Å². The first-order chi connectivity index (χ1) is 13.0. The molecule has 0 aromatic rings. The number of ether oxygens (including phenoxy) is 3. The van der Waals surface area contributed by atoms with E-state index in [-0.39, 0.29) is 17.9 Å². The minimum Gasteiger partial charge on any atom is -0.459 e. The van der Waals surface area contributed by atoms with Crippen LogP contribution in [0.2, 0.25) is 0 Å². The molecule has 3 aliphatic carbocycles. The fourth-order valence-electron chi connectivity index (χ4n) is 5.73. The van der Waals surface area contributed by atoms with E-state index in [1.807, 2.05) is 6.92 Å². The van der Waals surface area contributed by atoms with Crippen molar-refractivity contribution in [3.8, 4) is 0 Å². The van der Waals surface area contributed by atoms with Gasteiger partial charge in [0.05, 0.1) is 17.3 Å². The van der Waals surface area contributed by atoms with Crippen molar-refractivity contribution >= 4 is 17.9 Å². The average Bonchev–Trinajstić information content (AvgIpc) is 3.10. The molecule has 1 spiro atoms. The van der Waals surface area contributed by atoms with E-state index in [4.69, 9.17) is 14.2 Å². The van der Waals surface area contributed by atoms with Gasteiger partial charge in [0, 0.05) is 6.42 Å². The molecule has 6 heteroatoms. The monoisotopic (exact) mass is 378 g/mol. The third kappa shape index (κ3) is 2.87. The first-order valence-corrected chi connectivity index (χ1v) is 10.6. The van der Waals surface area contributed by atoms with Gasteiger partial charge in [0.1, 0.15) is 17.8 Å². The Morgan fingerprint density at radius 2 is 1.89 bits per heavy atom. The first kappa shape index (κ1) is 18.8. The standard InChI is InChI=1S/C21H30O6/c1-3-8-14(22)25-16-17-21(16)12-9-13(18(23)26-17)15(21)19(24)27-20(4-2)10-6-5-7-11-20/h13,15-17H,3-12H2,1-2H3. The topological polar surface area (TPSA) is 78.9 Å². The molecule has 0 radical (unpaired) electrons. The Kier molecular flexibility index (Phi) is 4.71. The maximum absolute atomic E-state index is 13.3. The Labute approximate surface area is 160 Å². The number of carbonyl (C=O) groups is 3. The van der Waals surface area contributed by atoms with E-state index in [9.17, 15) is 14.4 Å². The van der Waals surface area contributed by atoms with E-state index in [1.54, 1.807) is 0 Å². The van der Waals surface area contributed by atoms with Crippen LogP contribution < -0.4 is 0 Å². The van der Waals surface area contributed by atoms with Crippen LogP contribution in [0.5, 0.6) is 0 Å². The number of carbonyl (C=O) groups excluding carboxylic acids is 3. The van der Waals surface area contributed by atoms with Crippen LogP contribution in [0.4, 0.5) is 0 Å². The highest BCUT2D eigenvalue weighted by Crippen LogP contribution is 2.69. The van der Waals surface area contributed by atoms with Crippen molar-refractivity contribution in [3.05, 3.63) is 0 Å². The van der Waals surface area contributed by atoms with Crippen LogP contribution in [-0.4, -0.2) is 35.7 Å². The molecule has 27 heavy (non-hydrogen) atoms. The van der Waals surface area contributed by atoms with E-state index >= 15 is 0 Å². The summed E-state index contributed by atoms with van der Waals surface area (Å²) in [7, 11) is 0. The molecule has 0 aromatic carbocycles. The fraction of sp³-hybridized carbons (Fsp3) is 0.857. The summed E-state index contributed by atoms with van der Waals surface area (Å²) < 4.78 is 17.2. The van der Waals surface area contributed by atoms with Gasteiger partial charge in [-0.1, -0.05) is 20.3 Å². The second-order valence-electron chi connectivity index (χ2n) is 8.77. The van der Waals surface area contributed by atoms with Crippen molar-refractivity contribution in [2.24, 2.45) is 17.3 Å². The maximum Gasteiger partial charge on any atom is 0.311 e. The lowest BCUT2D eigenvalue weighted by Crippen LogP contribution is -2.44. The lowest BCUT2D eigenvalue weighted by Gasteiger charge is -2.38. The van der Waals surface area contributed by atoms with E-state index in [0.717, 1.165) is 32.1 Å². The molecule has 0 N–H and O–H groups in total. The second kappa shape index (κ2) is 6.78. The molecule has 3 saturated carbocycles. The smallest absolute Gasteiger partial charge is 0.311 e. The number of rotatable bonds is 6. The van der Waals surface area contributed by atoms with E-state index < -0.39 is 35.1 Å². The van der Waals surface area contributed by atoms with Gasteiger partial charge in [0.15, 0.2) is 0 Å². The summed E-state index contributed by atoms with van der Waals surface area (Å²) in [5.74, 6) is -1.89. The zero-order chi connectivity index (χ0) is 19.2. The Morgan fingerprint density at radius 1 is 1.15 bits per heavy atom. The largest absolute Gasteiger partial charge is 0.459 e. The molecule has 1 aliphatic heterocycles. The summed E-state index contributed by atoms with van der Waals surface area (Å²) in [6, 6.07) is 0. The molecule has 2 bridgehead atoms. The predicted octanol–water partition coefficient (Wildman–Crippen LogP) is 3.31. The lowest BCUT2D eigenvalue weighted by atomic mass is 9.81. The minimum atomic E-state index is -0.553. The molecule has 6 nitrogen and oxygen atoms in total. The molecule has 5 atom stereocenters. The Bertz CT molecular complexity index is 637. The van der Waals surface area contributed by atoms with Crippen LogP contribution in [-0.2, 0) is 28.6 Å². The highest BCUT2D eigenvalue weighted by Gasteiger charge is 2.82. The summed E-state index contributed by atoms with van der Waals surface area (Å²) in [5.41, 5.74) is -0.950. The van der Waals surface area contributed by atoms with Crippen LogP contribution in [0.25, 0.3) is 0 Å². The third-order valence-electron chi connectivity index (χ3n) is 7.33. The van der Waals surface area contributed by atoms with Crippen molar-refractivity contribution in [1.29, 1.82) is 0 Å². The molecule has 1 saturated heterocycles. The highest BCUT2D eigenvalue weighted by molar-refractivity contribution is 5.87. The van der Waals surface area contributed by atoms with Crippen molar-refractivity contribution in [3.63, 3.8) is 0 Å². The molecule has 0 amide bonds. The zero-order valence-electron chi connectivity index (χ0n) is 16.3. The molecule has 4 fully saturated rings. The average molecular weight is 378 g/mol. The lowest BCUT2D eigenvalue weighted by molar-refractivity contribution is -0.182. The normalized spacial score (nSPS) is 38.5. The van der Waals surface area contributed by atoms with Gasteiger partial charge in [0.2, 0.25) is 0 Å². The van der Waals surface area contributed by atoms with Gasteiger partial charge < -0.3 is 14.2 Å². The van der Waals surface area contributed by atoms with Crippen LogP contribution in [0, 0.1) is 17.3 Å². The van der Waals surface area contributed by atoms with Gasteiger partial charge in [-0.3, -0.25) is 14.4 Å². The van der Waals surface area contributed by atoms with Crippen LogP contribution >= 0.6 is 0 Å². The number of hydrogen-bond acceptors (Lipinski definition) is 6. The Hall–Kier alpha value is -1.59. The molecule has 4 rings (SSSR count). The van der Waals surface area contributed by atoms with Crippen molar-refractivity contribution in [2.45, 2.75) is 95.9 Å². The fourth-order valence-corrected chi connectivity index (χ4v) is 5.73. The summed E-state index contributed by atoms with van der Waals surface area (Å²) in [6.07, 6.45) is 7.26. The van der Waals surface area contributed by atoms with Gasteiger partial charge in [-0.05, 0) is 51.4 Å². The van der Waals surface area contributed by atoms with E-state index in [2.05, 4.69) is 6.92 Å². The van der Waals surface area contributed by atoms with Gasteiger partial charge in [-0.15, -0.1) is 0 Å². The van der Waals surface area contributed by atoms with Gasteiger partial charge in [0.25, 0.3) is 0 Å². The molecule has 0 aromatic heterocycles. The molecule has 5 unspecified atom stereocenters. The Morgan fingerprint density at radius 3 is 2.56 bits per heavy atom. The van der Waals surface area contributed by atoms with Crippen LogP contribution in [0.3, 0.4) is 0 Å². The summed E-state index contributed by atoms with van der Waals surface area (Å²) >= 11 is 0. The summed E-state index contributed by atoms with van der Waals surface area (Å²) in [5, 5.41) is 0. The van der Waals surface area contributed by atoms with Crippen molar-refractivity contribution in [1.82, 2.24) is 0 Å². The third-order valence-corrected chi connectivity index (χ3v) is 7.33. The molecule has 4 aliphatic rings. The quantitative estimate of drug-likeness (QED) is 0.521. The van der Waals surface area contributed by atoms with Gasteiger partial charge >= 0.3 is 17.9 Å². The van der Waals surface area contributed by atoms with E-state index in [1.165, 1.54) is 6.42 Å². The number of hydrogen-bond donors (Lipinski definition) is 0. The van der Waals surface area contributed by atoms with Crippen molar-refractivity contribution < 1.29 is 28.6 Å². The molecule has 1 heterocycles. The molecular weight excluding hydrogens is 348 g/mol. The van der Waals surface area contributed by atoms with Crippen molar-refractivity contribution in [2.75, 3.05) is 0 Å². The second-order valence-corrected chi connectivity index (χ2v) is 8.77. The zero-order valence-corrected chi connectivity index (χ0v) is 16.3. The number of fused-ring (bicyclic) bond motifs is 1. The maximum atomic E-state index is 13.3. The Balaban J connectivity index is 1.53.